The quantitative estimate of drug-likeness (QED) is 0.405. The number of hydrogen-bond donors (Lipinski definition) is 1. The molecule has 1 amide bonds. The van der Waals surface area contributed by atoms with Gasteiger partial charge in [0.1, 0.15) is 11.6 Å². The molecule has 0 saturated heterocycles. The van der Waals surface area contributed by atoms with E-state index in [1.54, 1.807) is 18.2 Å². The topological polar surface area (TPSA) is 100 Å². The van der Waals surface area contributed by atoms with E-state index in [1.807, 2.05) is 49.4 Å². The van der Waals surface area contributed by atoms with Crippen LogP contribution in [0.15, 0.2) is 64.5 Å². The number of carbonyl (C=O) groups excluding carboxylic acids is 1. The van der Waals surface area contributed by atoms with Crippen LogP contribution in [0.1, 0.15) is 32.7 Å². The molecule has 7 nitrogen and oxygen atoms in total. The zero-order valence-corrected chi connectivity index (χ0v) is 17.4. The summed E-state index contributed by atoms with van der Waals surface area (Å²) < 4.78 is 1.08. The summed E-state index contributed by atoms with van der Waals surface area (Å²) in [6.45, 7) is 3.33. The van der Waals surface area contributed by atoms with E-state index in [9.17, 15) is 14.9 Å². The average Bonchev–Trinajstić information content (AvgIpc) is 2.80. The Morgan fingerprint density at radius 2 is 1.94 bits per heavy atom. The molecule has 0 radical (unpaired) electrons. The van der Waals surface area contributed by atoms with Crippen LogP contribution in [0.3, 0.4) is 0 Å². The van der Waals surface area contributed by atoms with Crippen molar-refractivity contribution in [3.63, 3.8) is 0 Å². The lowest BCUT2D eigenvalue weighted by molar-refractivity contribution is 0.0947. The Morgan fingerprint density at radius 1 is 1.19 bits per heavy atom. The van der Waals surface area contributed by atoms with E-state index in [0.29, 0.717) is 5.69 Å². The van der Waals surface area contributed by atoms with Gasteiger partial charge in [-0.15, -0.1) is 0 Å². The highest BCUT2D eigenvalue weighted by atomic mass is 16.2. The largest absolute Gasteiger partial charge is 0.292 e. The number of carbonyl (C=O) groups is 1. The van der Waals surface area contributed by atoms with Gasteiger partial charge in [0.2, 0.25) is 0 Å². The number of nitrogens with zero attached hydrogens (tertiary/aromatic N) is 4. The Hall–Kier alpha value is -4.75. The van der Waals surface area contributed by atoms with Crippen LogP contribution in [0.25, 0.3) is 16.5 Å². The van der Waals surface area contributed by atoms with Gasteiger partial charge in [-0.25, -0.2) is 5.43 Å². The molecule has 3 aromatic carbocycles. The fourth-order valence-electron chi connectivity index (χ4n) is 3.35. The van der Waals surface area contributed by atoms with E-state index in [0.717, 1.165) is 26.6 Å². The van der Waals surface area contributed by atoms with E-state index in [2.05, 4.69) is 27.8 Å². The van der Waals surface area contributed by atoms with Crippen LogP contribution in [0.4, 0.5) is 0 Å². The highest BCUT2D eigenvalue weighted by molar-refractivity contribution is 6.00. The Morgan fingerprint density at radius 3 is 2.72 bits per heavy atom. The third kappa shape index (κ3) is 3.71. The number of para-hydroxylation sites is 1. The van der Waals surface area contributed by atoms with Gasteiger partial charge in [-0.2, -0.15) is 20.1 Å². The van der Waals surface area contributed by atoms with E-state index >= 15 is 0 Å². The molecule has 0 aliphatic heterocycles. The smallest absolute Gasteiger partial charge is 0.266 e. The van der Waals surface area contributed by atoms with Gasteiger partial charge in [0.25, 0.3) is 11.5 Å². The summed E-state index contributed by atoms with van der Waals surface area (Å²) in [5.41, 5.74) is 3.89. The van der Waals surface area contributed by atoms with E-state index in [-0.39, 0.29) is 16.8 Å². The van der Waals surface area contributed by atoms with E-state index in [1.165, 1.54) is 13.1 Å². The average molecular weight is 419 g/mol. The second-order valence-electron chi connectivity index (χ2n) is 7.08. The van der Waals surface area contributed by atoms with Crippen molar-refractivity contribution in [2.24, 2.45) is 5.10 Å². The second-order valence-corrected chi connectivity index (χ2v) is 7.08. The standard InChI is InChI=1S/C25H17N5O2/c1-16-8-3-6-13-22(16)30-25(32)21(14-26)17(2)23(29-30)24(31)28-27-15-19-11-7-10-18-9-4-5-12-20(18)19/h3-6,8-9,11-13,15H,1-2H3,(H,28,31)/b27-15+. The summed E-state index contributed by atoms with van der Waals surface area (Å²) in [6.07, 6.45) is 1.50. The Kier molecular flexibility index (Phi) is 5.48. The number of nitrogens with one attached hydrogen (secondary N) is 1. The van der Waals surface area contributed by atoms with Gasteiger partial charge in [0.05, 0.1) is 11.9 Å². The summed E-state index contributed by atoms with van der Waals surface area (Å²) in [5.74, 6) is -0.631. The van der Waals surface area contributed by atoms with Gasteiger partial charge >= 0.3 is 0 Å². The number of amides is 1. The van der Waals surface area contributed by atoms with Crippen molar-refractivity contribution in [1.29, 1.82) is 5.26 Å². The number of nitriles is 1. The maximum absolute atomic E-state index is 12.8. The molecule has 4 rings (SSSR count). The summed E-state index contributed by atoms with van der Waals surface area (Å²) >= 11 is 0. The van der Waals surface area contributed by atoms with Gasteiger partial charge in [-0.05, 0) is 43.0 Å². The molecule has 0 fully saturated rings. The fourth-order valence-corrected chi connectivity index (χ4v) is 3.35. The van der Waals surface area contributed by atoms with Crippen molar-refractivity contribution < 1.29 is 4.79 Å². The first kappa shape index (κ1) is 20.5. The number of rotatable bonds is 4. The van der Waals surface area contributed by atoms with Crippen LogP contribution in [0, 0.1) is 37.3 Å². The predicted molar refractivity (Wildman–Crippen MR) is 121 cm³/mol. The van der Waals surface area contributed by atoms with Crippen LogP contribution in [0.2, 0.25) is 0 Å². The van der Waals surface area contributed by atoms with Gasteiger partial charge in [0.15, 0.2) is 5.69 Å². The summed E-state index contributed by atoms with van der Waals surface area (Å²) in [4.78, 5) is 25.6. The zero-order valence-electron chi connectivity index (χ0n) is 17.4. The predicted octanol–water partition coefficient (Wildman–Crippen LogP) is 3.24. The minimum Gasteiger partial charge on any atom is -0.266 e. The van der Waals surface area contributed by atoms with Crippen molar-refractivity contribution >= 4 is 22.9 Å². The summed E-state index contributed by atoms with van der Waals surface area (Å²) in [6, 6.07) is 24.3. The number of fused-ring (bicyclic) bond motifs is 1. The lowest BCUT2D eigenvalue weighted by atomic mass is 10.1. The molecule has 0 aliphatic rings. The molecule has 7 heteroatoms. The van der Waals surface area contributed by atoms with Crippen LogP contribution in [0.5, 0.6) is 0 Å². The van der Waals surface area contributed by atoms with Crippen molar-refractivity contribution in [3.8, 4) is 11.8 Å². The lowest BCUT2D eigenvalue weighted by Crippen LogP contribution is -2.31. The molecule has 0 aliphatic carbocycles. The normalized spacial score (nSPS) is 10.7. The van der Waals surface area contributed by atoms with Crippen molar-refractivity contribution in [3.05, 3.63) is 105 Å². The van der Waals surface area contributed by atoms with Crippen LogP contribution >= 0.6 is 0 Å². The molecule has 1 aromatic heterocycles. The minimum absolute atomic E-state index is 0.0561. The number of benzene rings is 2. The summed E-state index contributed by atoms with van der Waals surface area (Å²) in [5, 5.41) is 19.6. The van der Waals surface area contributed by atoms with Gasteiger partial charge in [-0.1, -0.05) is 48.5 Å². The van der Waals surface area contributed by atoms with Gasteiger partial charge in [-0.3, -0.25) is 9.59 Å². The SMILES string of the molecule is Cc1ccccc1-n1nc(C(=O)N/N=C/c2cc#cc3ccccc23)c(C)c(C#N)c1=O. The molecule has 0 spiro atoms. The molecule has 4 aromatic rings. The number of aryl methyl sites for hydroxylation is 1. The monoisotopic (exact) mass is 419 g/mol. The molecule has 0 saturated carbocycles. The number of aromatic nitrogens is 2. The van der Waals surface area contributed by atoms with E-state index < -0.39 is 11.5 Å². The number of hydrazone groups is 1. The maximum atomic E-state index is 12.8. The zero-order chi connectivity index (χ0) is 22.7. The Balaban J connectivity index is 1.70. The first-order valence-electron chi connectivity index (χ1n) is 9.76. The highest BCUT2D eigenvalue weighted by Gasteiger charge is 2.20. The van der Waals surface area contributed by atoms with Gasteiger partial charge in [0, 0.05) is 16.5 Å². The maximum Gasteiger partial charge on any atom is 0.292 e. The number of hydrogen-bond acceptors (Lipinski definition) is 5. The molecular formula is C25H17N5O2. The van der Waals surface area contributed by atoms with Crippen molar-refractivity contribution in [1.82, 2.24) is 15.2 Å². The lowest BCUT2D eigenvalue weighted by Gasteiger charge is -2.12. The summed E-state index contributed by atoms with van der Waals surface area (Å²) in [7, 11) is 0. The van der Waals surface area contributed by atoms with Crippen LogP contribution in [-0.2, 0) is 0 Å². The second kappa shape index (κ2) is 8.55. The fraction of sp³-hybridized carbons (Fsp3) is 0.0800. The third-order valence-corrected chi connectivity index (χ3v) is 5.05. The molecule has 1 heterocycles. The highest BCUT2D eigenvalue weighted by Crippen LogP contribution is 2.15. The first-order valence-corrected chi connectivity index (χ1v) is 9.76. The Labute approximate surface area is 184 Å². The molecule has 0 unspecified atom stereocenters. The molecular weight excluding hydrogens is 402 g/mol. The molecule has 1 N–H and O–H groups in total. The minimum atomic E-state index is -0.631. The Bertz CT molecular complexity index is 1470. The van der Waals surface area contributed by atoms with Crippen molar-refractivity contribution in [2.75, 3.05) is 0 Å². The molecule has 0 bridgehead atoms. The molecule has 32 heavy (non-hydrogen) atoms. The van der Waals surface area contributed by atoms with Crippen LogP contribution < -0.4 is 11.0 Å². The van der Waals surface area contributed by atoms with Crippen LogP contribution in [-0.4, -0.2) is 21.9 Å². The first-order chi connectivity index (χ1) is 15.5. The van der Waals surface area contributed by atoms with Crippen molar-refractivity contribution in [2.45, 2.75) is 13.8 Å². The third-order valence-electron chi connectivity index (χ3n) is 5.05. The molecule has 154 valence electrons. The molecule has 0 atom stereocenters. The van der Waals surface area contributed by atoms with Gasteiger partial charge < -0.3 is 0 Å². The van der Waals surface area contributed by atoms with E-state index in [4.69, 9.17) is 0 Å².